The number of hydrogen-bond acceptors (Lipinski definition) is 3. The predicted molar refractivity (Wildman–Crippen MR) is 74.1 cm³/mol. The van der Waals surface area contributed by atoms with Crippen LogP contribution in [-0.4, -0.2) is 49.3 Å². The number of carbonyl (C=O) groups excluding carboxylic acids is 1. The Hall–Kier alpha value is -0.610. The quantitative estimate of drug-likeness (QED) is 0.743. The van der Waals surface area contributed by atoms with Gasteiger partial charge in [0.25, 0.3) is 0 Å². The molecule has 2 rings (SSSR count). The molecule has 0 spiro atoms. The molecule has 2 unspecified atom stereocenters. The fourth-order valence-electron chi connectivity index (χ4n) is 3.65. The third kappa shape index (κ3) is 3.29. The molecule has 0 aromatic heterocycles. The second-order valence-electron chi connectivity index (χ2n) is 5.90. The Kier molecular flexibility index (Phi) is 5.22. The van der Waals surface area contributed by atoms with Gasteiger partial charge in [0.2, 0.25) is 5.91 Å². The highest BCUT2D eigenvalue weighted by Crippen LogP contribution is 2.35. The molecule has 2 saturated heterocycles. The lowest BCUT2D eigenvalue weighted by molar-refractivity contribution is -0.140. The molecule has 110 valence electrons. The van der Waals surface area contributed by atoms with Gasteiger partial charge in [-0.15, -0.1) is 0 Å². The van der Waals surface area contributed by atoms with Gasteiger partial charge >= 0.3 is 0 Å². The van der Waals surface area contributed by atoms with Crippen molar-refractivity contribution in [3.05, 3.63) is 0 Å². The van der Waals surface area contributed by atoms with E-state index in [1.807, 2.05) is 0 Å². The normalized spacial score (nSPS) is 31.1. The average molecular weight is 269 g/mol. The van der Waals surface area contributed by atoms with E-state index in [0.29, 0.717) is 13.0 Å². The van der Waals surface area contributed by atoms with E-state index < -0.39 is 0 Å². The number of nitrogens with zero attached hydrogens (tertiary/aromatic N) is 1. The molecule has 0 N–H and O–H groups in total. The molecule has 0 aromatic carbocycles. The zero-order chi connectivity index (χ0) is 13.7. The molecule has 2 aliphatic heterocycles. The molecule has 4 heteroatoms. The van der Waals surface area contributed by atoms with E-state index in [9.17, 15) is 4.79 Å². The third-order valence-electron chi connectivity index (χ3n) is 4.45. The minimum atomic E-state index is -0.0564. The van der Waals surface area contributed by atoms with Crippen LogP contribution in [0.4, 0.5) is 0 Å². The van der Waals surface area contributed by atoms with Crippen LogP contribution in [0.1, 0.15) is 51.9 Å². The summed E-state index contributed by atoms with van der Waals surface area (Å²) in [5, 5.41) is 0. The van der Waals surface area contributed by atoms with Crippen LogP contribution in [-0.2, 0) is 14.3 Å². The predicted octanol–water partition coefficient (Wildman–Crippen LogP) is 2.36. The fourth-order valence-corrected chi connectivity index (χ4v) is 3.65. The van der Waals surface area contributed by atoms with Gasteiger partial charge in [-0.25, -0.2) is 0 Å². The minimum Gasteiger partial charge on any atom is -0.382 e. The topological polar surface area (TPSA) is 38.8 Å². The minimum absolute atomic E-state index is 0.0564. The summed E-state index contributed by atoms with van der Waals surface area (Å²) in [7, 11) is 1.73. The first-order valence-electron chi connectivity index (χ1n) is 7.63. The zero-order valence-electron chi connectivity index (χ0n) is 12.3. The van der Waals surface area contributed by atoms with Gasteiger partial charge in [-0.2, -0.15) is 0 Å². The van der Waals surface area contributed by atoms with Crippen LogP contribution < -0.4 is 0 Å². The number of methoxy groups -OCH3 is 1. The number of carbonyl (C=O) groups is 1. The van der Waals surface area contributed by atoms with Crippen molar-refractivity contribution in [3.8, 4) is 0 Å². The molecule has 2 fully saturated rings. The number of rotatable bonds is 6. The monoisotopic (exact) mass is 269 g/mol. The van der Waals surface area contributed by atoms with Crippen LogP contribution in [0, 0.1) is 0 Å². The molecular weight excluding hydrogens is 242 g/mol. The van der Waals surface area contributed by atoms with E-state index in [-0.39, 0.29) is 17.6 Å². The van der Waals surface area contributed by atoms with Gasteiger partial charge in [0.15, 0.2) is 0 Å². The molecule has 0 aliphatic carbocycles. The molecule has 19 heavy (non-hydrogen) atoms. The maximum atomic E-state index is 12.6. The highest BCUT2D eigenvalue weighted by molar-refractivity contribution is 5.78. The first-order chi connectivity index (χ1) is 9.22. The largest absolute Gasteiger partial charge is 0.382 e. The molecule has 2 heterocycles. The summed E-state index contributed by atoms with van der Waals surface area (Å²) in [4.78, 5) is 14.6. The summed E-state index contributed by atoms with van der Waals surface area (Å²) in [5.74, 6) is 0.259. The van der Waals surface area contributed by atoms with Crippen LogP contribution >= 0.6 is 0 Å². The van der Waals surface area contributed by atoms with E-state index in [2.05, 4.69) is 11.8 Å². The molecule has 1 amide bonds. The second kappa shape index (κ2) is 6.71. The van der Waals surface area contributed by atoms with Crippen molar-refractivity contribution < 1.29 is 14.3 Å². The summed E-state index contributed by atoms with van der Waals surface area (Å²) in [6, 6.07) is 0. The Labute approximate surface area is 116 Å². The summed E-state index contributed by atoms with van der Waals surface area (Å²) >= 11 is 0. The summed E-state index contributed by atoms with van der Waals surface area (Å²) in [6.45, 7) is 4.54. The lowest BCUT2D eigenvalue weighted by atomic mass is 9.91. The van der Waals surface area contributed by atoms with Crippen LogP contribution in [0.5, 0.6) is 0 Å². The molecule has 0 aromatic rings. The van der Waals surface area contributed by atoms with Crippen molar-refractivity contribution in [2.45, 2.75) is 63.5 Å². The van der Waals surface area contributed by atoms with E-state index in [4.69, 9.17) is 9.47 Å². The van der Waals surface area contributed by atoms with Crippen molar-refractivity contribution >= 4 is 5.91 Å². The first kappa shape index (κ1) is 14.8. The maximum Gasteiger partial charge on any atom is 0.225 e. The van der Waals surface area contributed by atoms with Crippen molar-refractivity contribution in [1.29, 1.82) is 0 Å². The highest BCUT2D eigenvalue weighted by atomic mass is 16.5. The van der Waals surface area contributed by atoms with Crippen LogP contribution in [0.3, 0.4) is 0 Å². The van der Waals surface area contributed by atoms with Gasteiger partial charge in [-0.05, 0) is 32.1 Å². The van der Waals surface area contributed by atoms with Crippen molar-refractivity contribution in [2.75, 3.05) is 26.9 Å². The molecule has 4 nitrogen and oxygen atoms in total. The van der Waals surface area contributed by atoms with Crippen LogP contribution in [0.2, 0.25) is 0 Å². The van der Waals surface area contributed by atoms with Gasteiger partial charge in [-0.3, -0.25) is 4.79 Å². The Bertz CT molecular complexity index is 294. The number of amides is 1. The molecule has 0 radical (unpaired) electrons. The van der Waals surface area contributed by atoms with Crippen molar-refractivity contribution in [3.63, 3.8) is 0 Å². The van der Waals surface area contributed by atoms with E-state index in [0.717, 1.165) is 51.7 Å². The molecule has 0 bridgehead atoms. The zero-order valence-corrected chi connectivity index (χ0v) is 12.3. The highest BCUT2D eigenvalue weighted by Gasteiger charge is 2.43. The molecule has 2 aliphatic rings. The second-order valence-corrected chi connectivity index (χ2v) is 5.90. The van der Waals surface area contributed by atoms with E-state index in [1.165, 1.54) is 0 Å². The maximum absolute atomic E-state index is 12.6. The first-order valence-corrected chi connectivity index (χ1v) is 7.63. The summed E-state index contributed by atoms with van der Waals surface area (Å²) < 4.78 is 11.0. The summed E-state index contributed by atoms with van der Waals surface area (Å²) in [6.07, 6.45) is 7.13. The number of ether oxygens (including phenoxy) is 2. The van der Waals surface area contributed by atoms with Gasteiger partial charge < -0.3 is 14.4 Å². The summed E-state index contributed by atoms with van der Waals surface area (Å²) in [5.41, 5.74) is -0.0564. The van der Waals surface area contributed by atoms with E-state index >= 15 is 0 Å². The van der Waals surface area contributed by atoms with Crippen LogP contribution in [0.15, 0.2) is 0 Å². The average Bonchev–Trinajstić information content (AvgIpc) is 3.00. The molecule has 2 atom stereocenters. The fraction of sp³-hybridized carbons (Fsp3) is 0.933. The lowest BCUT2D eigenvalue weighted by Crippen LogP contribution is -2.51. The van der Waals surface area contributed by atoms with Gasteiger partial charge in [0, 0.05) is 20.3 Å². The lowest BCUT2D eigenvalue weighted by Gasteiger charge is -2.38. The number of likely N-dealkylation sites (tertiary alicyclic amines) is 1. The molecular formula is C15H27NO3. The number of hydrogen-bond donors (Lipinski definition) is 0. The van der Waals surface area contributed by atoms with Gasteiger partial charge in [-0.1, -0.05) is 13.3 Å². The Morgan fingerprint density at radius 2 is 2.32 bits per heavy atom. The van der Waals surface area contributed by atoms with Crippen molar-refractivity contribution in [1.82, 2.24) is 4.90 Å². The van der Waals surface area contributed by atoms with Gasteiger partial charge in [0.1, 0.15) is 0 Å². The van der Waals surface area contributed by atoms with Crippen LogP contribution in [0.25, 0.3) is 0 Å². The Morgan fingerprint density at radius 1 is 1.47 bits per heavy atom. The Morgan fingerprint density at radius 3 is 2.95 bits per heavy atom. The van der Waals surface area contributed by atoms with Crippen molar-refractivity contribution in [2.24, 2.45) is 0 Å². The third-order valence-corrected chi connectivity index (χ3v) is 4.45. The molecule has 0 saturated carbocycles. The van der Waals surface area contributed by atoms with Gasteiger partial charge in [0.05, 0.1) is 24.7 Å². The SMILES string of the molecule is CCCC1(COC)CCCN1C(=O)CC1CCCO1. The standard InChI is InChI=1S/C15H27NO3/c1-3-7-15(12-18-2)8-5-9-16(15)14(17)11-13-6-4-10-19-13/h13H,3-12H2,1-2H3. The Balaban J connectivity index is 2.00. The smallest absolute Gasteiger partial charge is 0.225 e. The van der Waals surface area contributed by atoms with E-state index in [1.54, 1.807) is 7.11 Å².